The molecule has 0 aromatic heterocycles. The maximum Gasteiger partial charge on any atom is 0.385 e. The summed E-state index contributed by atoms with van der Waals surface area (Å²) in [7, 11) is 0. The zero-order chi connectivity index (χ0) is 16.2. The third kappa shape index (κ3) is 7.43. The number of carbonyl (C=O) groups is 1. The molecule has 0 bridgehead atoms. The summed E-state index contributed by atoms with van der Waals surface area (Å²) in [5.74, 6) is -0.635. The smallest absolute Gasteiger partial charge is 0.385 e. The molecule has 22 heavy (non-hydrogen) atoms. The van der Waals surface area contributed by atoms with Crippen LogP contribution in [-0.2, 0) is 16.1 Å². The summed E-state index contributed by atoms with van der Waals surface area (Å²) < 4.78 is 0. The second-order valence-electron chi connectivity index (χ2n) is 5.35. The lowest BCUT2D eigenvalue weighted by Crippen LogP contribution is -2.27. The summed E-state index contributed by atoms with van der Waals surface area (Å²) >= 11 is 0. The normalized spacial score (nSPS) is 12.0. The fourth-order valence-electron chi connectivity index (χ4n) is 2.04. The molecule has 0 saturated heterocycles. The molecule has 0 aliphatic heterocycles. The van der Waals surface area contributed by atoms with Gasteiger partial charge >= 0.3 is 5.97 Å². The van der Waals surface area contributed by atoms with Gasteiger partial charge in [0.05, 0.1) is 6.61 Å². The fraction of sp³-hybridized carbons (Fsp3) is 0.588. The van der Waals surface area contributed by atoms with Crippen molar-refractivity contribution in [2.45, 2.75) is 58.0 Å². The van der Waals surface area contributed by atoms with Crippen LogP contribution >= 0.6 is 0 Å². The number of hydrogen-bond donors (Lipinski definition) is 2. The predicted octanol–water partition coefficient (Wildman–Crippen LogP) is 2.78. The van der Waals surface area contributed by atoms with Crippen LogP contribution in [0.4, 0.5) is 0 Å². The molecule has 0 spiro atoms. The van der Waals surface area contributed by atoms with Gasteiger partial charge in [0, 0.05) is 0 Å². The van der Waals surface area contributed by atoms with E-state index in [4.69, 9.17) is 15.1 Å². The summed E-state index contributed by atoms with van der Waals surface area (Å²) in [5, 5.41) is 17.6. The van der Waals surface area contributed by atoms with Crippen LogP contribution in [0.3, 0.4) is 0 Å². The number of carbonyl (C=O) groups excluding carboxylic acids is 1. The highest BCUT2D eigenvalue weighted by molar-refractivity contribution is 5.73. The molecule has 0 amide bonds. The minimum absolute atomic E-state index is 0.380. The van der Waals surface area contributed by atoms with Gasteiger partial charge in [0.25, 0.3) is 0 Å². The Kier molecular flexibility index (Phi) is 9.26. The zero-order valence-corrected chi connectivity index (χ0v) is 13.2. The molecule has 1 rings (SSSR count). The van der Waals surface area contributed by atoms with E-state index in [0.29, 0.717) is 5.75 Å². The summed E-state index contributed by atoms with van der Waals surface area (Å²) in [5.41, 5.74) is 1.21. The van der Waals surface area contributed by atoms with Crippen LogP contribution in [0.2, 0.25) is 0 Å². The number of aliphatic hydroxyl groups is 2. The Morgan fingerprint density at radius 2 is 1.73 bits per heavy atom. The van der Waals surface area contributed by atoms with E-state index in [1.165, 1.54) is 44.1 Å². The van der Waals surface area contributed by atoms with Crippen LogP contribution in [0, 0.1) is 0 Å². The van der Waals surface area contributed by atoms with E-state index in [-0.39, 0.29) is 0 Å². The minimum Gasteiger partial charge on any atom is -0.393 e. The van der Waals surface area contributed by atoms with Crippen molar-refractivity contribution in [3.05, 3.63) is 29.8 Å². The molecular weight excluding hydrogens is 284 g/mol. The fourth-order valence-corrected chi connectivity index (χ4v) is 2.04. The van der Waals surface area contributed by atoms with Gasteiger partial charge in [0.2, 0.25) is 0 Å². The molecule has 1 unspecified atom stereocenters. The van der Waals surface area contributed by atoms with E-state index in [1.807, 2.05) is 12.1 Å². The Bertz CT molecular complexity index is 416. The van der Waals surface area contributed by atoms with Gasteiger partial charge in [-0.05, 0) is 30.5 Å². The SMILES string of the molecule is CCCCCCCCc1ccc(OOC(=O)C(O)CO)cc1. The van der Waals surface area contributed by atoms with Crippen molar-refractivity contribution < 1.29 is 24.8 Å². The second-order valence-corrected chi connectivity index (χ2v) is 5.35. The lowest BCUT2D eigenvalue weighted by molar-refractivity contribution is -0.224. The number of aliphatic hydroxyl groups excluding tert-OH is 2. The summed E-state index contributed by atoms with van der Waals surface area (Å²) in [6.45, 7) is 1.52. The molecule has 0 saturated carbocycles. The molecular formula is C17H26O5. The second kappa shape index (κ2) is 11.0. The van der Waals surface area contributed by atoms with Gasteiger partial charge in [-0.25, -0.2) is 9.68 Å². The molecule has 0 heterocycles. The van der Waals surface area contributed by atoms with Gasteiger partial charge in [0.15, 0.2) is 11.9 Å². The van der Waals surface area contributed by atoms with Crippen molar-refractivity contribution in [3.8, 4) is 5.75 Å². The Hall–Kier alpha value is -1.59. The Morgan fingerprint density at radius 3 is 2.36 bits per heavy atom. The van der Waals surface area contributed by atoms with Crippen LogP contribution in [0.15, 0.2) is 24.3 Å². The van der Waals surface area contributed by atoms with Crippen molar-refractivity contribution in [2.75, 3.05) is 6.61 Å². The maximum absolute atomic E-state index is 11.1. The Balaban J connectivity index is 2.24. The molecule has 0 fully saturated rings. The van der Waals surface area contributed by atoms with E-state index < -0.39 is 18.7 Å². The summed E-state index contributed by atoms with van der Waals surface area (Å²) in [6.07, 6.45) is 7.04. The van der Waals surface area contributed by atoms with Crippen molar-refractivity contribution in [2.24, 2.45) is 0 Å². The topological polar surface area (TPSA) is 76.0 Å². The van der Waals surface area contributed by atoms with E-state index in [1.54, 1.807) is 12.1 Å². The van der Waals surface area contributed by atoms with Gasteiger partial charge in [-0.3, -0.25) is 4.89 Å². The third-order valence-electron chi connectivity index (χ3n) is 3.41. The van der Waals surface area contributed by atoms with Crippen LogP contribution in [0.25, 0.3) is 0 Å². The summed E-state index contributed by atoms with van der Waals surface area (Å²) in [6, 6.07) is 7.28. The van der Waals surface area contributed by atoms with E-state index in [9.17, 15) is 4.79 Å². The average molecular weight is 310 g/mol. The Labute approximate surface area is 131 Å². The monoisotopic (exact) mass is 310 g/mol. The molecule has 0 radical (unpaired) electrons. The lowest BCUT2D eigenvalue weighted by Gasteiger charge is -2.08. The minimum atomic E-state index is -1.58. The first-order valence-corrected chi connectivity index (χ1v) is 7.93. The van der Waals surface area contributed by atoms with Crippen LogP contribution in [0.5, 0.6) is 5.75 Å². The first kappa shape index (κ1) is 18.5. The van der Waals surface area contributed by atoms with Crippen LogP contribution < -0.4 is 4.89 Å². The zero-order valence-electron chi connectivity index (χ0n) is 13.2. The molecule has 1 aromatic rings. The molecule has 2 N–H and O–H groups in total. The number of hydrogen-bond acceptors (Lipinski definition) is 5. The Morgan fingerprint density at radius 1 is 1.09 bits per heavy atom. The van der Waals surface area contributed by atoms with E-state index >= 15 is 0 Å². The molecule has 1 aromatic carbocycles. The van der Waals surface area contributed by atoms with Gasteiger partial charge in [-0.2, -0.15) is 0 Å². The number of aryl methyl sites for hydroxylation is 1. The molecule has 1 atom stereocenters. The van der Waals surface area contributed by atoms with Gasteiger partial charge < -0.3 is 10.2 Å². The maximum atomic E-state index is 11.1. The highest BCUT2D eigenvalue weighted by atomic mass is 17.2. The van der Waals surface area contributed by atoms with Crippen molar-refractivity contribution in [1.82, 2.24) is 0 Å². The highest BCUT2D eigenvalue weighted by Crippen LogP contribution is 2.15. The number of unbranched alkanes of at least 4 members (excludes halogenated alkanes) is 5. The van der Waals surface area contributed by atoms with E-state index in [0.717, 1.165) is 6.42 Å². The van der Waals surface area contributed by atoms with Crippen molar-refractivity contribution >= 4 is 5.97 Å². The molecule has 124 valence electrons. The summed E-state index contributed by atoms with van der Waals surface area (Å²) in [4.78, 5) is 20.3. The lowest BCUT2D eigenvalue weighted by atomic mass is 10.1. The molecule has 0 aliphatic carbocycles. The first-order chi connectivity index (χ1) is 10.7. The van der Waals surface area contributed by atoms with Crippen LogP contribution in [-0.4, -0.2) is 28.9 Å². The highest BCUT2D eigenvalue weighted by Gasteiger charge is 2.17. The number of rotatable bonds is 11. The van der Waals surface area contributed by atoms with Gasteiger partial charge in [-0.15, -0.1) is 0 Å². The van der Waals surface area contributed by atoms with Crippen molar-refractivity contribution in [1.29, 1.82) is 0 Å². The first-order valence-electron chi connectivity index (χ1n) is 7.93. The van der Waals surface area contributed by atoms with E-state index in [2.05, 4.69) is 11.8 Å². The van der Waals surface area contributed by atoms with Crippen LogP contribution in [0.1, 0.15) is 51.0 Å². The largest absolute Gasteiger partial charge is 0.393 e. The van der Waals surface area contributed by atoms with Gasteiger partial charge in [0.1, 0.15) is 0 Å². The predicted molar refractivity (Wildman–Crippen MR) is 83.3 cm³/mol. The quantitative estimate of drug-likeness (QED) is 0.373. The molecule has 5 nitrogen and oxygen atoms in total. The molecule has 5 heteroatoms. The standard InChI is InChI=1S/C17H26O5/c1-2-3-4-5-6-7-8-14-9-11-15(12-10-14)21-22-17(20)16(19)13-18/h9-12,16,18-19H,2-8,13H2,1H3. The van der Waals surface area contributed by atoms with Crippen molar-refractivity contribution in [3.63, 3.8) is 0 Å². The number of benzene rings is 1. The molecule has 0 aliphatic rings. The van der Waals surface area contributed by atoms with Gasteiger partial charge in [-0.1, -0.05) is 51.2 Å². The third-order valence-corrected chi connectivity index (χ3v) is 3.41. The average Bonchev–Trinajstić information content (AvgIpc) is 2.56.